The maximum atomic E-state index is 13.1. The molecule has 0 saturated heterocycles. The van der Waals surface area contributed by atoms with Crippen LogP contribution in [0.1, 0.15) is 73.4 Å². The van der Waals surface area contributed by atoms with Gasteiger partial charge in [-0.25, -0.2) is 9.59 Å². The van der Waals surface area contributed by atoms with Crippen LogP contribution in [0.4, 0.5) is 0 Å². The Kier molecular flexibility index (Phi) is 13.2. The first-order valence-electron chi connectivity index (χ1n) is 13.9. The van der Waals surface area contributed by atoms with Gasteiger partial charge in [0.2, 0.25) is 0 Å². The van der Waals surface area contributed by atoms with Crippen molar-refractivity contribution in [2.75, 3.05) is 23.5 Å². The summed E-state index contributed by atoms with van der Waals surface area (Å²) in [5, 5.41) is 3.82. The molecule has 0 bridgehead atoms. The number of ether oxygens (including phenoxy) is 1. The number of thioether (sulfide) groups is 2. The first kappa shape index (κ1) is 30.7. The minimum absolute atomic E-state index is 0.383. The molecule has 3 N–H and O–H groups in total. The van der Waals surface area contributed by atoms with Gasteiger partial charge in [-0.3, -0.25) is 0 Å². The summed E-state index contributed by atoms with van der Waals surface area (Å²) in [4.78, 5) is 25.6. The van der Waals surface area contributed by atoms with E-state index in [0.717, 1.165) is 52.0 Å². The van der Waals surface area contributed by atoms with Gasteiger partial charge in [0.05, 0.1) is 5.56 Å². The number of nitrogens with one attached hydrogen (secondary N) is 1. The molecule has 2 atom stereocenters. The van der Waals surface area contributed by atoms with Gasteiger partial charge in [-0.2, -0.15) is 23.5 Å². The van der Waals surface area contributed by atoms with Crippen molar-refractivity contribution in [2.24, 2.45) is 11.7 Å². The predicted octanol–water partition coefficient (Wildman–Crippen LogP) is 6.61. The van der Waals surface area contributed by atoms with Crippen molar-refractivity contribution in [3.05, 3.63) is 59.2 Å². The third-order valence-electron chi connectivity index (χ3n) is 7.33. The fourth-order valence-electron chi connectivity index (χ4n) is 5.12. The highest BCUT2D eigenvalue weighted by atomic mass is 32.2. The molecule has 0 heterocycles. The van der Waals surface area contributed by atoms with Crippen molar-refractivity contribution >= 4 is 35.5 Å². The summed E-state index contributed by atoms with van der Waals surface area (Å²) < 4.78 is 5.23. The van der Waals surface area contributed by atoms with Crippen LogP contribution in [0, 0.1) is 12.8 Å². The maximum absolute atomic E-state index is 13.1. The Morgan fingerprint density at radius 1 is 1.11 bits per heavy atom. The quantitative estimate of drug-likeness (QED) is 0.200. The second kappa shape index (κ2) is 16.3. The summed E-state index contributed by atoms with van der Waals surface area (Å²) >= 11 is 3.60. The molecule has 0 amide bonds. The molecule has 5 nitrogen and oxygen atoms in total. The fraction of sp³-hybridized carbons (Fsp3) is 0.548. The van der Waals surface area contributed by atoms with Gasteiger partial charge in [0.1, 0.15) is 6.04 Å². The molecule has 3 rings (SSSR count). The van der Waals surface area contributed by atoms with Crippen LogP contribution in [0.5, 0.6) is 0 Å². The van der Waals surface area contributed by atoms with E-state index in [9.17, 15) is 9.59 Å². The Bertz CT molecular complexity index is 1040. The van der Waals surface area contributed by atoms with E-state index in [4.69, 9.17) is 10.5 Å². The molecule has 0 aliphatic heterocycles. The van der Waals surface area contributed by atoms with Gasteiger partial charge in [0.15, 0.2) is 0 Å². The summed E-state index contributed by atoms with van der Waals surface area (Å²) in [5.74, 6) is 2.46. The zero-order valence-electron chi connectivity index (χ0n) is 23.2. The Labute approximate surface area is 237 Å². The third kappa shape index (κ3) is 9.44. The molecule has 0 spiro atoms. The van der Waals surface area contributed by atoms with Crippen molar-refractivity contribution in [3.8, 4) is 11.1 Å². The lowest BCUT2D eigenvalue weighted by Crippen LogP contribution is -2.34. The highest BCUT2D eigenvalue weighted by Gasteiger charge is 2.23. The summed E-state index contributed by atoms with van der Waals surface area (Å²) in [7, 11) is 0. The Hall–Kier alpha value is -1.80. The molecular formula is C31H44N2O3S2. The van der Waals surface area contributed by atoms with Crippen LogP contribution in [0.25, 0.3) is 11.1 Å². The van der Waals surface area contributed by atoms with Crippen LogP contribution >= 0.6 is 23.5 Å². The van der Waals surface area contributed by atoms with Gasteiger partial charge in [-0.1, -0.05) is 69.4 Å². The molecule has 1 unspecified atom stereocenters. The third-order valence-corrected chi connectivity index (χ3v) is 9.02. The minimum atomic E-state index is -0.807. The first-order valence-corrected chi connectivity index (χ1v) is 16.5. The van der Waals surface area contributed by atoms with Gasteiger partial charge in [-0.05, 0) is 77.8 Å². The maximum Gasteiger partial charge on any atom is 0.346 e. The summed E-state index contributed by atoms with van der Waals surface area (Å²) in [5.41, 5.74) is 10.2. The van der Waals surface area contributed by atoms with E-state index >= 15 is 0 Å². The molecule has 1 saturated carbocycles. The van der Waals surface area contributed by atoms with E-state index in [0.29, 0.717) is 18.0 Å². The molecule has 2 aromatic carbocycles. The van der Waals surface area contributed by atoms with E-state index < -0.39 is 18.0 Å². The number of benzene rings is 2. The SMILES string of the molecule is CCSCC(CC1CCCCC1)NCc1ccc(C(=O)OC(=O)[C@@H](N)CCSC)c(-c2ccccc2C)c1. The molecular weight excluding hydrogens is 512 g/mol. The average Bonchev–Trinajstić information content (AvgIpc) is 2.93. The second-order valence-corrected chi connectivity index (χ2v) is 12.6. The number of aryl methyl sites for hydroxylation is 1. The van der Waals surface area contributed by atoms with Crippen LogP contribution in [0.2, 0.25) is 0 Å². The lowest BCUT2D eigenvalue weighted by Gasteiger charge is -2.27. The molecule has 7 heteroatoms. The first-order chi connectivity index (χ1) is 18.4. The van der Waals surface area contributed by atoms with Gasteiger partial charge in [0, 0.05) is 18.3 Å². The summed E-state index contributed by atoms with van der Waals surface area (Å²) in [6.07, 6.45) is 10.5. The number of hydrogen-bond acceptors (Lipinski definition) is 7. The predicted molar refractivity (Wildman–Crippen MR) is 163 cm³/mol. The van der Waals surface area contributed by atoms with Crippen LogP contribution in [-0.2, 0) is 16.1 Å². The van der Waals surface area contributed by atoms with Crippen LogP contribution < -0.4 is 11.1 Å². The number of rotatable bonds is 14. The molecule has 2 aromatic rings. The largest absolute Gasteiger partial charge is 0.388 e. The van der Waals surface area contributed by atoms with Crippen molar-refractivity contribution in [1.82, 2.24) is 5.32 Å². The highest BCUT2D eigenvalue weighted by molar-refractivity contribution is 7.99. The molecule has 0 radical (unpaired) electrons. The smallest absolute Gasteiger partial charge is 0.346 e. The van der Waals surface area contributed by atoms with Crippen molar-refractivity contribution < 1.29 is 14.3 Å². The van der Waals surface area contributed by atoms with Crippen LogP contribution in [-0.4, -0.2) is 47.5 Å². The average molecular weight is 557 g/mol. The molecule has 1 aliphatic rings. The van der Waals surface area contributed by atoms with Crippen molar-refractivity contribution in [2.45, 2.75) is 77.4 Å². The van der Waals surface area contributed by atoms with E-state index in [-0.39, 0.29) is 0 Å². The van der Waals surface area contributed by atoms with Gasteiger partial charge in [0.25, 0.3) is 0 Å². The van der Waals surface area contributed by atoms with Crippen LogP contribution in [0.3, 0.4) is 0 Å². The van der Waals surface area contributed by atoms with E-state index in [1.165, 1.54) is 38.5 Å². The molecule has 38 heavy (non-hydrogen) atoms. The number of carbonyl (C=O) groups is 2. The highest BCUT2D eigenvalue weighted by Crippen LogP contribution is 2.30. The molecule has 1 aliphatic carbocycles. The van der Waals surface area contributed by atoms with Crippen LogP contribution in [0.15, 0.2) is 42.5 Å². The molecule has 208 valence electrons. The normalized spacial score (nSPS) is 15.7. The van der Waals surface area contributed by atoms with E-state index in [1.807, 2.05) is 55.3 Å². The monoisotopic (exact) mass is 556 g/mol. The minimum Gasteiger partial charge on any atom is -0.388 e. The van der Waals surface area contributed by atoms with E-state index in [1.54, 1.807) is 17.8 Å². The zero-order chi connectivity index (χ0) is 27.3. The van der Waals surface area contributed by atoms with Gasteiger partial charge >= 0.3 is 11.9 Å². The Balaban J connectivity index is 1.79. The van der Waals surface area contributed by atoms with Crippen molar-refractivity contribution in [1.29, 1.82) is 0 Å². The summed E-state index contributed by atoms with van der Waals surface area (Å²) in [6, 6.07) is 13.5. The molecule has 0 aromatic heterocycles. The number of hydrogen-bond donors (Lipinski definition) is 2. The Morgan fingerprint density at radius 3 is 2.58 bits per heavy atom. The summed E-state index contributed by atoms with van der Waals surface area (Å²) in [6.45, 7) is 4.98. The topological polar surface area (TPSA) is 81.4 Å². The second-order valence-electron chi connectivity index (χ2n) is 10.3. The molecule has 1 fully saturated rings. The standard InChI is InChI=1S/C31H44N2O3S2/c1-4-38-21-25(18-23-11-6-5-7-12-23)33-20-24-14-15-27(28(19-24)26-13-9-8-10-22(26)2)30(34)36-31(35)29(32)16-17-37-3/h8-10,13-15,19,23,25,29,33H,4-7,11-12,16-18,20-21,32H2,1-3H3/t25?,29-/m0/s1. The number of nitrogens with two attached hydrogens (primary N) is 1. The number of esters is 2. The zero-order valence-corrected chi connectivity index (χ0v) is 24.8. The lowest BCUT2D eigenvalue weighted by atomic mass is 9.85. The van der Waals surface area contributed by atoms with Gasteiger partial charge in [-0.15, -0.1) is 0 Å². The van der Waals surface area contributed by atoms with Crippen molar-refractivity contribution in [3.63, 3.8) is 0 Å². The fourth-order valence-corrected chi connectivity index (χ4v) is 6.38. The Morgan fingerprint density at radius 2 is 1.87 bits per heavy atom. The lowest BCUT2D eigenvalue weighted by molar-refractivity contribution is -0.139. The van der Waals surface area contributed by atoms with E-state index in [2.05, 4.69) is 18.3 Å². The number of carbonyl (C=O) groups excluding carboxylic acids is 2. The van der Waals surface area contributed by atoms with Gasteiger partial charge < -0.3 is 15.8 Å².